The highest BCUT2D eigenvalue weighted by molar-refractivity contribution is 7.09. The molecule has 1 heterocycles. The van der Waals surface area contributed by atoms with E-state index in [-0.39, 0.29) is 0 Å². The molecule has 2 N–H and O–H groups in total. The number of thiazole rings is 1. The second kappa shape index (κ2) is 4.31. The van der Waals surface area contributed by atoms with Crippen LogP contribution in [0.2, 0.25) is 0 Å². The van der Waals surface area contributed by atoms with Crippen molar-refractivity contribution in [2.75, 3.05) is 5.73 Å². The molecule has 1 aromatic heterocycles. The number of nitrogens with two attached hydrogens (primary N) is 1. The van der Waals surface area contributed by atoms with Gasteiger partial charge in [0.05, 0.1) is 16.1 Å². The quantitative estimate of drug-likeness (QED) is 0.809. The number of benzene rings is 1. The molecule has 0 atom stereocenters. The Labute approximate surface area is 92.5 Å². The van der Waals surface area contributed by atoms with Crippen molar-refractivity contribution >= 4 is 17.0 Å². The molecular weight excluding hydrogens is 208 g/mol. The maximum Gasteiger partial charge on any atom is 0.143 e. The molecule has 0 spiro atoms. The number of aromatic nitrogens is 1. The van der Waals surface area contributed by atoms with Gasteiger partial charge in [-0.25, -0.2) is 0 Å². The Hall–Kier alpha value is -1.55. The van der Waals surface area contributed by atoms with E-state index in [1.807, 2.05) is 25.1 Å². The predicted octanol–water partition coefficient (Wildman–Crippen LogP) is 2.61. The van der Waals surface area contributed by atoms with Gasteiger partial charge in [-0.1, -0.05) is 12.1 Å². The van der Waals surface area contributed by atoms with Gasteiger partial charge in [0.2, 0.25) is 0 Å². The molecule has 0 aliphatic carbocycles. The highest BCUT2D eigenvalue weighted by Gasteiger charge is 2.03. The van der Waals surface area contributed by atoms with Gasteiger partial charge in [0, 0.05) is 6.20 Å². The van der Waals surface area contributed by atoms with Gasteiger partial charge in [-0.05, 0) is 18.6 Å². The Kier molecular flexibility index (Phi) is 2.87. The van der Waals surface area contributed by atoms with E-state index >= 15 is 0 Å². The van der Waals surface area contributed by atoms with Crippen LogP contribution in [0.15, 0.2) is 29.9 Å². The largest absolute Gasteiger partial charge is 0.486 e. The summed E-state index contributed by atoms with van der Waals surface area (Å²) in [6, 6.07) is 5.78. The van der Waals surface area contributed by atoms with Gasteiger partial charge in [0.25, 0.3) is 0 Å². The summed E-state index contributed by atoms with van der Waals surface area (Å²) in [5, 5.41) is 0. The third-order valence-corrected chi connectivity index (χ3v) is 2.89. The standard InChI is InChI=1S/C11H12N2OS/c1-8-3-2-4-10(11(8)12)14-6-9-5-13-7-15-9/h2-5,7H,6,12H2,1H3. The number of hydrogen-bond acceptors (Lipinski definition) is 4. The lowest BCUT2D eigenvalue weighted by atomic mass is 10.2. The molecule has 0 radical (unpaired) electrons. The molecule has 0 aliphatic rings. The van der Waals surface area contributed by atoms with Crippen molar-refractivity contribution in [3.05, 3.63) is 40.3 Å². The van der Waals surface area contributed by atoms with E-state index in [9.17, 15) is 0 Å². The highest BCUT2D eigenvalue weighted by atomic mass is 32.1. The average Bonchev–Trinajstić information content (AvgIpc) is 2.73. The van der Waals surface area contributed by atoms with Crippen molar-refractivity contribution in [2.45, 2.75) is 13.5 Å². The summed E-state index contributed by atoms with van der Waals surface area (Å²) in [6.07, 6.45) is 1.80. The fourth-order valence-electron chi connectivity index (χ4n) is 1.24. The number of nitrogen functional groups attached to an aromatic ring is 1. The molecular formula is C11H12N2OS. The van der Waals surface area contributed by atoms with Gasteiger partial charge in [-0.3, -0.25) is 4.98 Å². The lowest BCUT2D eigenvalue weighted by molar-refractivity contribution is 0.311. The van der Waals surface area contributed by atoms with E-state index < -0.39 is 0 Å². The van der Waals surface area contributed by atoms with Crippen LogP contribution >= 0.6 is 11.3 Å². The summed E-state index contributed by atoms with van der Waals surface area (Å²) in [4.78, 5) is 5.08. The normalized spacial score (nSPS) is 10.2. The summed E-state index contributed by atoms with van der Waals surface area (Å²) < 4.78 is 5.61. The minimum Gasteiger partial charge on any atom is -0.486 e. The van der Waals surface area contributed by atoms with Gasteiger partial charge >= 0.3 is 0 Å². The molecule has 2 aromatic rings. The fourth-order valence-corrected chi connectivity index (χ4v) is 1.75. The first-order valence-electron chi connectivity index (χ1n) is 4.62. The van der Waals surface area contributed by atoms with Crippen LogP contribution in [0, 0.1) is 6.92 Å². The Morgan fingerprint density at radius 3 is 3.07 bits per heavy atom. The maximum atomic E-state index is 5.88. The third kappa shape index (κ3) is 2.27. The van der Waals surface area contributed by atoms with Crippen molar-refractivity contribution in [3.63, 3.8) is 0 Å². The topological polar surface area (TPSA) is 48.1 Å². The summed E-state index contributed by atoms with van der Waals surface area (Å²) in [5.41, 5.74) is 9.42. The number of rotatable bonds is 3. The molecule has 0 fully saturated rings. The van der Waals surface area contributed by atoms with Crippen LogP contribution in [0.4, 0.5) is 5.69 Å². The van der Waals surface area contributed by atoms with E-state index in [1.165, 1.54) is 0 Å². The smallest absolute Gasteiger partial charge is 0.143 e. The van der Waals surface area contributed by atoms with Gasteiger partial charge < -0.3 is 10.5 Å². The lowest BCUT2D eigenvalue weighted by Gasteiger charge is -2.09. The maximum absolute atomic E-state index is 5.88. The number of hydrogen-bond donors (Lipinski definition) is 1. The number of nitrogens with zero attached hydrogens (tertiary/aromatic N) is 1. The Balaban J connectivity index is 2.08. The van der Waals surface area contributed by atoms with Crippen molar-refractivity contribution in [1.29, 1.82) is 0 Å². The van der Waals surface area contributed by atoms with E-state index in [0.29, 0.717) is 12.3 Å². The Bertz CT molecular complexity index is 440. The molecule has 0 saturated carbocycles. The number of anilines is 1. The zero-order valence-corrected chi connectivity index (χ0v) is 9.25. The van der Waals surface area contributed by atoms with E-state index in [0.717, 1.165) is 16.2 Å². The van der Waals surface area contributed by atoms with Crippen molar-refractivity contribution in [3.8, 4) is 5.75 Å². The predicted molar refractivity (Wildman–Crippen MR) is 62.0 cm³/mol. The van der Waals surface area contributed by atoms with Crippen molar-refractivity contribution in [1.82, 2.24) is 4.98 Å². The van der Waals surface area contributed by atoms with E-state index in [4.69, 9.17) is 10.5 Å². The lowest BCUT2D eigenvalue weighted by Crippen LogP contribution is -1.98. The Morgan fingerprint density at radius 1 is 1.47 bits per heavy atom. The second-order valence-corrected chi connectivity index (χ2v) is 4.21. The number of ether oxygens (including phenoxy) is 1. The van der Waals surface area contributed by atoms with Crippen LogP contribution < -0.4 is 10.5 Å². The van der Waals surface area contributed by atoms with Crippen LogP contribution in [0.25, 0.3) is 0 Å². The molecule has 15 heavy (non-hydrogen) atoms. The van der Waals surface area contributed by atoms with Crippen molar-refractivity contribution in [2.24, 2.45) is 0 Å². The highest BCUT2D eigenvalue weighted by Crippen LogP contribution is 2.25. The van der Waals surface area contributed by atoms with Crippen LogP contribution in [-0.4, -0.2) is 4.98 Å². The molecule has 1 aromatic carbocycles. The van der Waals surface area contributed by atoms with E-state index in [2.05, 4.69) is 4.98 Å². The summed E-state index contributed by atoms with van der Waals surface area (Å²) in [5.74, 6) is 0.739. The first-order valence-corrected chi connectivity index (χ1v) is 5.50. The molecule has 0 unspecified atom stereocenters. The van der Waals surface area contributed by atoms with Gasteiger partial charge in [-0.2, -0.15) is 0 Å². The van der Waals surface area contributed by atoms with Crippen LogP contribution in [0.1, 0.15) is 10.4 Å². The third-order valence-electron chi connectivity index (χ3n) is 2.14. The van der Waals surface area contributed by atoms with Crippen LogP contribution in [-0.2, 0) is 6.61 Å². The molecule has 0 amide bonds. The first-order chi connectivity index (χ1) is 7.27. The SMILES string of the molecule is Cc1cccc(OCc2cncs2)c1N. The van der Waals surface area contributed by atoms with Gasteiger partial charge in [-0.15, -0.1) is 11.3 Å². The zero-order chi connectivity index (χ0) is 10.7. The number of aryl methyl sites for hydroxylation is 1. The molecule has 3 nitrogen and oxygen atoms in total. The molecule has 2 rings (SSSR count). The molecule has 0 aliphatic heterocycles. The van der Waals surface area contributed by atoms with Crippen LogP contribution in [0.5, 0.6) is 5.75 Å². The molecule has 0 saturated heterocycles. The molecule has 4 heteroatoms. The monoisotopic (exact) mass is 220 g/mol. The number of para-hydroxylation sites is 1. The van der Waals surface area contributed by atoms with Crippen LogP contribution in [0.3, 0.4) is 0 Å². The minimum absolute atomic E-state index is 0.526. The summed E-state index contributed by atoms with van der Waals surface area (Å²) in [6.45, 7) is 2.49. The zero-order valence-electron chi connectivity index (χ0n) is 8.43. The molecule has 78 valence electrons. The summed E-state index contributed by atoms with van der Waals surface area (Å²) >= 11 is 1.58. The second-order valence-electron chi connectivity index (χ2n) is 3.24. The average molecular weight is 220 g/mol. The van der Waals surface area contributed by atoms with Crippen molar-refractivity contribution < 1.29 is 4.74 Å². The first kappa shape index (κ1) is 9.98. The minimum atomic E-state index is 0.526. The Morgan fingerprint density at radius 2 is 2.33 bits per heavy atom. The summed E-state index contributed by atoms with van der Waals surface area (Å²) in [7, 11) is 0. The van der Waals surface area contributed by atoms with Gasteiger partial charge in [0.15, 0.2) is 0 Å². The van der Waals surface area contributed by atoms with E-state index in [1.54, 1.807) is 23.0 Å². The molecule has 0 bridgehead atoms. The fraction of sp³-hybridized carbons (Fsp3) is 0.182. The van der Waals surface area contributed by atoms with Gasteiger partial charge in [0.1, 0.15) is 12.4 Å².